The molecule has 1 amide bonds. The zero-order valence-electron chi connectivity index (χ0n) is 19.5. The first kappa shape index (κ1) is 23.3. The Morgan fingerprint density at radius 2 is 1.91 bits per heavy atom. The largest absolute Gasteiger partial charge is 0.417 e. The lowest BCUT2D eigenvalue weighted by Gasteiger charge is -2.50. The van der Waals surface area contributed by atoms with Crippen LogP contribution in [0.1, 0.15) is 46.4 Å². The van der Waals surface area contributed by atoms with E-state index in [0.29, 0.717) is 29.5 Å². The number of anilines is 1. The molecular formula is C26H26F3N5O. The molecule has 0 spiro atoms. The quantitative estimate of drug-likeness (QED) is 0.549. The molecule has 3 aliphatic rings. The van der Waals surface area contributed by atoms with E-state index in [9.17, 15) is 18.0 Å². The van der Waals surface area contributed by atoms with Gasteiger partial charge in [0.15, 0.2) is 0 Å². The molecule has 182 valence electrons. The van der Waals surface area contributed by atoms with Gasteiger partial charge in [-0.2, -0.15) is 13.2 Å². The lowest BCUT2D eigenvalue weighted by molar-refractivity contribution is -0.137. The fourth-order valence-corrected chi connectivity index (χ4v) is 5.24. The van der Waals surface area contributed by atoms with Gasteiger partial charge in [-0.1, -0.05) is 6.07 Å². The fourth-order valence-electron chi connectivity index (χ4n) is 5.24. The van der Waals surface area contributed by atoms with Crippen LogP contribution in [0.25, 0.3) is 11.3 Å². The molecule has 9 heteroatoms. The lowest BCUT2D eigenvalue weighted by atomic mass is 9.76. The number of halogens is 3. The van der Waals surface area contributed by atoms with Crippen LogP contribution in [0.2, 0.25) is 0 Å². The number of amides is 1. The number of aromatic nitrogens is 3. The van der Waals surface area contributed by atoms with Crippen molar-refractivity contribution in [3.63, 3.8) is 0 Å². The number of piperidine rings is 2. The molecule has 0 radical (unpaired) electrons. The van der Waals surface area contributed by atoms with Gasteiger partial charge < -0.3 is 10.2 Å². The summed E-state index contributed by atoms with van der Waals surface area (Å²) in [6.07, 6.45) is 2.48. The molecular weight excluding hydrogens is 455 g/mol. The molecule has 0 aromatic carbocycles. The van der Waals surface area contributed by atoms with Crippen LogP contribution in [0.4, 0.5) is 19.0 Å². The third-order valence-corrected chi connectivity index (χ3v) is 6.95. The number of aryl methyl sites for hydroxylation is 2. The van der Waals surface area contributed by atoms with E-state index in [1.165, 1.54) is 6.07 Å². The van der Waals surface area contributed by atoms with Gasteiger partial charge in [-0.25, -0.2) is 4.98 Å². The van der Waals surface area contributed by atoms with Gasteiger partial charge in [0.2, 0.25) is 0 Å². The highest BCUT2D eigenvalue weighted by Gasteiger charge is 2.44. The van der Waals surface area contributed by atoms with Gasteiger partial charge in [0.05, 0.1) is 17.3 Å². The summed E-state index contributed by atoms with van der Waals surface area (Å²) in [4.78, 5) is 28.7. The van der Waals surface area contributed by atoms with Crippen LogP contribution in [-0.4, -0.2) is 44.4 Å². The lowest BCUT2D eigenvalue weighted by Crippen LogP contribution is -2.60. The van der Waals surface area contributed by atoms with Crippen molar-refractivity contribution in [3.05, 3.63) is 71.3 Å². The highest BCUT2D eigenvalue weighted by Crippen LogP contribution is 2.38. The van der Waals surface area contributed by atoms with Crippen LogP contribution >= 0.6 is 0 Å². The Morgan fingerprint density at radius 3 is 2.60 bits per heavy atom. The second-order valence-electron chi connectivity index (χ2n) is 9.46. The topological polar surface area (TPSA) is 71.0 Å². The SMILES string of the molecule is Cc1cnc(C(=O)N2C[C@@H]3CC[C@H]2[C@H](Nc2ccc(C(F)(F)F)cn2)C3)c(-c2ncccc2C)c1. The minimum atomic E-state index is -4.43. The molecule has 3 aromatic heterocycles. The number of carbonyl (C=O) groups excluding carboxylic acids is 1. The molecule has 2 aliphatic heterocycles. The summed E-state index contributed by atoms with van der Waals surface area (Å²) < 4.78 is 38.7. The molecule has 5 heterocycles. The van der Waals surface area contributed by atoms with Crippen molar-refractivity contribution in [2.24, 2.45) is 5.92 Å². The molecule has 3 aromatic rings. The molecule has 2 bridgehead atoms. The number of hydrogen-bond acceptors (Lipinski definition) is 5. The number of hydrogen-bond donors (Lipinski definition) is 1. The van der Waals surface area contributed by atoms with Crippen molar-refractivity contribution >= 4 is 11.7 Å². The smallest absolute Gasteiger partial charge is 0.365 e. The summed E-state index contributed by atoms with van der Waals surface area (Å²) in [7, 11) is 0. The van der Waals surface area contributed by atoms with E-state index >= 15 is 0 Å². The van der Waals surface area contributed by atoms with E-state index in [2.05, 4.69) is 20.3 Å². The summed E-state index contributed by atoms with van der Waals surface area (Å²) in [6, 6.07) is 7.94. The maximum absolute atomic E-state index is 13.8. The maximum atomic E-state index is 13.8. The first-order valence-corrected chi connectivity index (χ1v) is 11.7. The molecule has 3 atom stereocenters. The van der Waals surface area contributed by atoms with Crippen LogP contribution in [0.15, 0.2) is 48.9 Å². The van der Waals surface area contributed by atoms with Crippen molar-refractivity contribution in [2.75, 3.05) is 11.9 Å². The molecule has 1 aliphatic carbocycles. The molecule has 3 fully saturated rings. The van der Waals surface area contributed by atoms with Gasteiger partial charge in [0.1, 0.15) is 11.5 Å². The van der Waals surface area contributed by atoms with E-state index < -0.39 is 11.7 Å². The van der Waals surface area contributed by atoms with Crippen LogP contribution in [0, 0.1) is 19.8 Å². The summed E-state index contributed by atoms with van der Waals surface area (Å²) >= 11 is 0. The number of fused-ring (bicyclic) bond motifs is 3. The van der Waals surface area contributed by atoms with Crippen LogP contribution in [0.5, 0.6) is 0 Å². The van der Waals surface area contributed by atoms with Crippen molar-refractivity contribution in [1.29, 1.82) is 0 Å². The Morgan fingerprint density at radius 1 is 1.09 bits per heavy atom. The maximum Gasteiger partial charge on any atom is 0.417 e. The summed E-state index contributed by atoms with van der Waals surface area (Å²) in [5, 5.41) is 3.29. The highest BCUT2D eigenvalue weighted by molar-refractivity contribution is 5.99. The Bertz CT molecular complexity index is 1240. The third-order valence-electron chi connectivity index (χ3n) is 6.95. The second kappa shape index (κ2) is 8.94. The molecule has 2 saturated heterocycles. The monoisotopic (exact) mass is 481 g/mol. The molecule has 0 unspecified atom stereocenters. The molecule has 6 nitrogen and oxygen atoms in total. The van der Waals surface area contributed by atoms with Gasteiger partial charge in [-0.3, -0.25) is 14.8 Å². The Labute approximate surface area is 201 Å². The van der Waals surface area contributed by atoms with Gasteiger partial charge >= 0.3 is 6.18 Å². The molecule has 1 saturated carbocycles. The molecule has 6 rings (SSSR count). The first-order valence-electron chi connectivity index (χ1n) is 11.7. The van der Waals surface area contributed by atoms with Gasteiger partial charge in [0.25, 0.3) is 5.91 Å². The van der Waals surface area contributed by atoms with Crippen molar-refractivity contribution in [2.45, 2.75) is 51.4 Å². The van der Waals surface area contributed by atoms with E-state index in [1.807, 2.05) is 36.9 Å². The Balaban J connectivity index is 1.41. The number of rotatable bonds is 4. The van der Waals surface area contributed by atoms with Crippen LogP contribution in [-0.2, 0) is 6.18 Å². The number of carbonyl (C=O) groups is 1. The van der Waals surface area contributed by atoms with E-state index in [0.717, 1.165) is 48.3 Å². The average molecular weight is 482 g/mol. The number of nitrogens with one attached hydrogen (secondary N) is 1. The zero-order valence-corrected chi connectivity index (χ0v) is 19.5. The minimum absolute atomic E-state index is 0.0961. The number of nitrogens with zero attached hydrogens (tertiary/aromatic N) is 4. The summed E-state index contributed by atoms with van der Waals surface area (Å²) in [6.45, 7) is 4.53. The van der Waals surface area contributed by atoms with Crippen LogP contribution in [0.3, 0.4) is 0 Å². The van der Waals surface area contributed by atoms with Crippen molar-refractivity contribution in [1.82, 2.24) is 19.9 Å². The highest BCUT2D eigenvalue weighted by atomic mass is 19.4. The number of alkyl halides is 3. The van der Waals surface area contributed by atoms with Crippen molar-refractivity contribution in [3.8, 4) is 11.3 Å². The molecule has 35 heavy (non-hydrogen) atoms. The predicted molar refractivity (Wildman–Crippen MR) is 126 cm³/mol. The van der Waals surface area contributed by atoms with E-state index in [1.54, 1.807) is 12.4 Å². The first-order chi connectivity index (χ1) is 16.7. The minimum Gasteiger partial charge on any atom is -0.365 e. The van der Waals surface area contributed by atoms with Crippen molar-refractivity contribution < 1.29 is 18.0 Å². The second-order valence-corrected chi connectivity index (χ2v) is 9.46. The van der Waals surface area contributed by atoms with Gasteiger partial charge in [-0.05, 0) is 74.4 Å². The average Bonchev–Trinajstić information content (AvgIpc) is 2.84. The fraction of sp³-hybridized carbons (Fsp3) is 0.385. The normalized spacial score (nSPS) is 21.7. The van der Waals surface area contributed by atoms with E-state index in [-0.39, 0.29) is 18.0 Å². The zero-order chi connectivity index (χ0) is 24.7. The third kappa shape index (κ3) is 4.59. The predicted octanol–water partition coefficient (Wildman–Crippen LogP) is 5.28. The Hall–Kier alpha value is -3.49. The number of pyridine rings is 3. The van der Waals surface area contributed by atoms with Gasteiger partial charge in [-0.15, -0.1) is 0 Å². The standard InChI is InChI=1S/C26H26F3N5O/c1-15-10-19(23-16(2)4-3-9-30-23)24(32-12-15)25(35)34-14-17-5-7-21(34)20(11-17)33-22-8-6-18(13-31-22)26(27,28)29/h3-4,6,8-10,12-13,17,20-21H,5,7,11,14H2,1-2H3,(H,31,33)/t17-,20-,21+/m1/s1. The van der Waals surface area contributed by atoms with Gasteiger partial charge in [0, 0.05) is 36.7 Å². The summed E-state index contributed by atoms with van der Waals surface area (Å²) in [5.41, 5.74) is 2.93. The van der Waals surface area contributed by atoms with Crippen LogP contribution < -0.4 is 5.32 Å². The molecule has 1 N–H and O–H groups in total. The van der Waals surface area contributed by atoms with E-state index in [4.69, 9.17) is 0 Å². The summed E-state index contributed by atoms with van der Waals surface area (Å²) in [5.74, 6) is 0.536. The Kier molecular flexibility index (Phi) is 5.94.